The third-order valence-electron chi connectivity index (χ3n) is 5.56. The van der Waals surface area contributed by atoms with E-state index >= 15 is 0 Å². The summed E-state index contributed by atoms with van der Waals surface area (Å²) in [6.07, 6.45) is 22.7. The molecule has 0 aromatic carbocycles. The van der Waals surface area contributed by atoms with E-state index in [1.54, 1.807) is 0 Å². The van der Waals surface area contributed by atoms with Crippen molar-refractivity contribution in [3.63, 3.8) is 0 Å². The summed E-state index contributed by atoms with van der Waals surface area (Å²) < 4.78 is 0. The SMILES string of the molecule is CC(C)(C)CCCCCCCCCNCCCCCCCCCC(C)(C)C. The van der Waals surface area contributed by atoms with Crippen LogP contribution in [-0.2, 0) is 0 Å². The van der Waals surface area contributed by atoms with Crippen molar-refractivity contribution in [2.24, 2.45) is 10.8 Å². The minimum absolute atomic E-state index is 0.526. The Kier molecular flexibility index (Phi) is 16.8. The summed E-state index contributed by atoms with van der Waals surface area (Å²) in [5.41, 5.74) is 1.05. The van der Waals surface area contributed by atoms with Crippen molar-refractivity contribution in [2.75, 3.05) is 13.1 Å². The minimum Gasteiger partial charge on any atom is -0.317 e. The fraction of sp³-hybridized carbons (Fsp3) is 1.00. The molecule has 0 aromatic heterocycles. The van der Waals surface area contributed by atoms with E-state index in [1.165, 1.54) is 116 Å². The highest BCUT2D eigenvalue weighted by molar-refractivity contribution is 4.62. The van der Waals surface area contributed by atoms with Gasteiger partial charge in [0, 0.05) is 0 Å². The van der Waals surface area contributed by atoms with Crippen LogP contribution in [0.15, 0.2) is 0 Å². The number of hydrogen-bond acceptors (Lipinski definition) is 1. The largest absolute Gasteiger partial charge is 0.317 e. The Hall–Kier alpha value is -0.0400. The molecular formula is C26H55N. The Morgan fingerprint density at radius 2 is 0.630 bits per heavy atom. The molecule has 0 saturated carbocycles. The highest BCUT2D eigenvalue weighted by atomic mass is 14.8. The molecule has 27 heavy (non-hydrogen) atoms. The molecule has 0 atom stereocenters. The molecule has 1 nitrogen and oxygen atoms in total. The lowest BCUT2D eigenvalue weighted by atomic mass is 9.89. The molecule has 0 heterocycles. The molecule has 0 spiro atoms. The summed E-state index contributed by atoms with van der Waals surface area (Å²) in [4.78, 5) is 0. The molecule has 0 aliphatic rings. The van der Waals surface area contributed by atoms with Crippen LogP contribution >= 0.6 is 0 Å². The van der Waals surface area contributed by atoms with Crippen LogP contribution in [0, 0.1) is 10.8 Å². The van der Waals surface area contributed by atoms with E-state index in [-0.39, 0.29) is 0 Å². The lowest BCUT2D eigenvalue weighted by molar-refractivity contribution is 0.356. The Balaban J connectivity index is 3.07. The first-order chi connectivity index (χ1) is 12.7. The zero-order chi connectivity index (χ0) is 20.4. The third kappa shape index (κ3) is 26.0. The molecule has 1 N–H and O–H groups in total. The van der Waals surface area contributed by atoms with Crippen molar-refractivity contribution in [3.8, 4) is 0 Å². The maximum atomic E-state index is 3.64. The van der Waals surface area contributed by atoms with Crippen molar-refractivity contribution in [3.05, 3.63) is 0 Å². The predicted molar refractivity (Wildman–Crippen MR) is 126 cm³/mol. The lowest BCUT2D eigenvalue weighted by Gasteiger charge is -2.17. The molecular weight excluding hydrogens is 326 g/mol. The summed E-state index contributed by atoms with van der Waals surface area (Å²) in [5, 5.41) is 3.64. The second-order valence-electron chi connectivity index (χ2n) is 11.3. The van der Waals surface area contributed by atoms with Crippen LogP contribution in [0.2, 0.25) is 0 Å². The van der Waals surface area contributed by atoms with E-state index in [9.17, 15) is 0 Å². The summed E-state index contributed by atoms with van der Waals surface area (Å²) in [5.74, 6) is 0. The fourth-order valence-electron chi connectivity index (χ4n) is 3.70. The number of unbranched alkanes of at least 4 members (excludes halogenated alkanes) is 12. The molecule has 0 amide bonds. The predicted octanol–water partition coefficient (Wildman–Crippen LogP) is 8.91. The Labute approximate surface area is 173 Å². The monoisotopic (exact) mass is 381 g/mol. The first-order valence-electron chi connectivity index (χ1n) is 12.4. The van der Waals surface area contributed by atoms with E-state index in [0.29, 0.717) is 10.8 Å². The molecule has 0 aliphatic heterocycles. The van der Waals surface area contributed by atoms with Gasteiger partial charge >= 0.3 is 0 Å². The van der Waals surface area contributed by atoms with Gasteiger partial charge in [0.05, 0.1) is 0 Å². The van der Waals surface area contributed by atoms with Gasteiger partial charge in [0.15, 0.2) is 0 Å². The van der Waals surface area contributed by atoms with Crippen LogP contribution in [0.1, 0.15) is 144 Å². The number of rotatable bonds is 18. The van der Waals surface area contributed by atoms with Gasteiger partial charge in [-0.05, 0) is 49.6 Å². The molecule has 0 unspecified atom stereocenters. The van der Waals surface area contributed by atoms with E-state index in [2.05, 4.69) is 46.9 Å². The zero-order valence-corrected chi connectivity index (χ0v) is 20.2. The van der Waals surface area contributed by atoms with Gasteiger partial charge in [0.1, 0.15) is 0 Å². The molecule has 0 bridgehead atoms. The van der Waals surface area contributed by atoms with Crippen molar-refractivity contribution in [2.45, 2.75) is 144 Å². The van der Waals surface area contributed by atoms with Crippen LogP contribution in [0.25, 0.3) is 0 Å². The van der Waals surface area contributed by atoms with Crippen LogP contribution in [0.4, 0.5) is 0 Å². The third-order valence-corrected chi connectivity index (χ3v) is 5.56. The smallest absolute Gasteiger partial charge is 0.00489 e. The normalized spacial score (nSPS) is 12.7. The van der Waals surface area contributed by atoms with Gasteiger partial charge in [-0.2, -0.15) is 0 Å². The lowest BCUT2D eigenvalue weighted by Crippen LogP contribution is -2.16. The maximum Gasteiger partial charge on any atom is -0.00489 e. The van der Waals surface area contributed by atoms with Crippen LogP contribution in [0.5, 0.6) is 0 Å². The molecule has 0 aromatic rings. The second kappa shape index (κ2) is 16.9. The number of hydrogen-bond donors (Lipinski definition) is 1. The van der Waals surface area contributed by atoms with Crippen molar-refractivity contribution in [1.29, 1.82) is 0 Å². The average Bonchev–Trinajstić information content (AvgIpc) is 2.55. The molecule has 0 aliphatic carbocycles. The summed E-state index contributed by atoms with van der Waals surface area (Å²) in [6.45, 7) is 16.6. The van der Waals surface area contributed by atoms with Gasteiger partial charge in [-0.3, -0.25) is 0 Å². The first-order valence-corrected chi connectivity index (χ1v) is 12.4. The topological polar surface area (TPSA) is 12.0 Å². The highest BCUT2D eigenvalue weighted by Gasteiger charge is 2.09. The summed E-state index contributed by atoms with van der Waals surface area (Å²) in [7, 11) is 0. The van der Waals surface area contributed by atoms with Crippen LogP contribution in [0.3, 0.4) is 0 Å². The highest BCUT2D eigenvalue weighted by Crippen LogP contribution is 2.23. The molecule has 164 valence electrons. The van der Waals surface area contributed by atoms with E-state index in [4.69, 9.17) is 0 Å². The zero-order valence-electron chi connectivity index (χ0n) is 20.2. The van der Waals surface area contributed by atoms with Crippen molar-refractivity contribution < 1.29 is 0 Å². The molecule has 0 rings (SSSR count). The van der Waals surface area contributed by atoms with Crippen LogP contribution < -0.4 is 5.32 Å². The van der Waals surface area contributed by atoms with Gasteiger partial charge in [-0.25, -0.2) is 0 Å². The molecule has 0 radical (unpaired) electrons. The van der Waals surface area contributed by atoms with Crippen molar-refractivity contribution in [1.82, 2.24) is 5.32 Å². The molecule has 1 heteroatoms. The quantitative estimate of drug-likeness (QED) is 0.234. The second-order valence-corrected chi connectivity index (χ2v) is 11.3. The average molecular weight is 382 g/mol. The Morgan fingerprint density at radius 1 is 0.370 bits per heavy atom. The van der Waals surface area contributed by atoms with E-state index in [1.807, 2.05) is 0 Å². The number of nitrogens with one attached hydrogen (secondary N) is 1. The van der Waals surface area contributed by atoms with Gasteiger partial charge < -0.3 is 5.32 Å². The van der Waals surface area contributed by atoms with Gasteiger partial charge in [0.2, 0.25) is 0 Å². The van der Waals surface area contributed by atoms with Crippen molar-refractivity contribution >= 4 is 0 Å². The summed E-state index contributed by atoms with van der Waals surface area (Å²) in [6, 6.07) is 0. The minimum atomic E-state index is 0.526. The maximum absolute atomic E-state index is 3.64. The fourth-order valence-corrected chi connectivity index (χ4v) is 3.70. The van der Waals surface area contributed by atoms with Crippen LogP contribution in [-0.4, -0.2) is 13.1 Å². The van der Waals surface area contributed by atoms with Gasteiger partial charge in [-0.15, -0.1) is 0 Å². The standard InChI is InChI=1S/C26H55N/c1-25(2,3)21-17-13-9-7-11-15-19-23-27-24-20-16-12-8-10-14-18-22-26(4,5)6/h27H,7-24H2,1-6H3. The van der Waals surface area contributed by atoms with Gasteiger partial charge in [-0.1, -0.05) is 119 Å². The molecule has 0 fully saturated rings. The Bertz CT molecular complexity index is 264. The first kappa shape index (κ1) is 27.0. The summed E-state index contributed by atoms with van der Waals surface area (Å²) >= 11 is 0. The molecule has 0 saturated heterocycles. The van der Waals surface area contributed by atoms with E-state index in [0.717, 1.165) is 0 Å². The van der Waals surface area contributed by atoms with E-state index < -0.39 is 0 Å². The Morgan fingerprint density at radius 3 is 0.926 bits per heavy atom. The van der Waals surface area contributed by atoms with Gasteiger partial charge in [0.25, 0.3) is 0 Å².